The van der Waals surface area contributed by atoms with Crippen LogP contribution in [0, 0.1) is 208 Å². The van der Waals surface area contributed by atoms with Crippen LogP contribution in [-0.2, 0) is 0 Å². The average Bonchev–Trinajstić information content (AvgIpc) is 0.800. The molecule has 17 aromatic carbocycles. The third-order valence-corrected chi connectivity index (χ3v) is 25.1. The lowest BCUT2D eigenvalue weighted by molar-refractivity contribution is 0.774. The van der Waals surface area contributed by atoms with Crippen molar-refractivity contribution in [1.82, 2.24) is 0 Å². The van der Waals surface area contributed by atoms with E-state index in [1.165, 1.54) is 253 Å². The summed E-state index contributed by atoms with van der Waals surface area (Å²) < 4.78 is 0. The third-order valence-electron chi connectivity index (χ3n) is 25.1. The van der Waals surface area contributed by atoms with Gasteiger partial charge in [-0.15, -0.1) is 0 Å². The van der Waals surface area contributed by atoms with Gasteiger partial charge >= 0.3 is 0 Å². The molecule has 0 bridgehead atoms. The molecule has 0 heteroatoms. The number of benzene rings is 17. The Morgan fingerprint density at radius 1 is 0.121 bits per heavy atom. The molecule has 140 heavy (non-hydrogen) atoms. The van der Waals surface area contributed by atoms with Gasteiger partial charge in [0.15, 0.2) is 0 Å². The minimum absolute atomic E-state index is 0.626. The van der Waals surface area contributed by atoms with Crippen LogP contribution in [-0.4, -0.2) is 0 Å². The first kappa shape index (κ1) is 129. The molecule has 0 unspecified atom stereocenters. The number of hydrogen-bond donors (Lipinski definition) is 0. The molecule has 0 radical (unpaired) electrons. The Labute approximate surface area is 860 Å². The smallest absolute Gasteiger partial charge is 0.0149 e. The molecule has 0 aromatic heterocycles. The Hall–Kier alpha value is -11.2. The molecule has 0 amide bonds. The highest BCUT2D eigenvalue weighted by Crippen LogP contribution is 2.35. The molecule has 0 aliphatic carbocycles. The van der Waals surface area contributed by atoms with Crippen molar-refractivity contribution in [2.75, 3.05) is 0 Å². The molecule has 0 spiro atoms. The average molecular weight is 1880 g/mol. The Bertz CT molecular complexity index is 6230. The topological polar surface area (TPSA) is 0 Å². The Morgan fingerprint density at radius 2 is 0.336 bits per heavy atom. The number of hydrogen-bond acceptors (Lipinski definition) is 0. The van der Waals surface area contributed by atoms with Gasteiger partial charge < -0.3 is 0 Å². The second-order valence-electron chi connectivity index (χ2n) is 36.8. The maximum absolute atomic E-state index is 2.33. The molecule has 0 N–H and O–H groups in total. The number of aryl methyl sites for hydroxylation is 29. The van der Waals surface area contributed by atoms with Crippen molar-refractivity contribution in [3.8, 4) is 0 Å². The molecule has 17 aromatic rings. The van der Waals surface area contributed by atoms with Gasteiger partial charge in [0.2, 0.25) is 0 Å². The van der Waals surface area contributed by atoms with E-state index in [0.717, 1.165) is 0 Å². The van der Waals surface area contributed by atoms with E-state index in [1.54, 1.807) is 11.1 Å². The first-order valence-corrected chi connectivity index (χ1v) is 53.4. The van der Waals surface area contributed by atoms with Gasteiger partial charge in [-0.05, 0) is 439 Å². The summed E-state index contributed by atoms with van der Waals surface area (Å²) in [6, 6.07) is 84.9. The van der Waals surface area contributed by atoms with E-state index in [9.17, 15) is 0 Å². The molecular weight excluding hydrogens is 1680 g/mol. The number of rotatable bonds is 2. The van der Waals surface area contributed by atoms with E-state index in [4.69, 9.17) is 0 Å². The van der Waals surface area contributed by atoms with E-state index < -0.39 is 0 Å². The van der Waals surface area contributed by atoms with Crippen LogP contribution >= 0.6 is 0 Å². The molecule has 0 atom stereocenters. The van der Waals surface area contributed by atoms with E-state index >= 15 is 0 Å². The molecule has 17 rings (SSSR count). The monoisotopic (exact) mass is 1880 g/mol. The summed E-state index contributed by atoms with van der Waals surface area (Å²) >= 11 is 0. The van der Waals surface area contributed by atoms with E-state index in [2.05, 4.69) is 466 Å². The van der Waals surface area contributed by atoms with Gasteiger partial charge in [-0.1, -0.05) is 427 Å². The van der Waals surface area contributed by atoms with Crippen molar-refractivity contribution >= 4 is 86.2 Å². The van der Waals surface area contributed by atoms with E-state index in [-0.39, 0.29) is 0 Å². The second kappa shape index (κ2) is 65.8. The maximum atomic E-state index is 2.33. The van der Waals surface area contributed by atoms with Gasteiger partial charge in [-0.2, -0.15) is 0 Å². The summed E-state index contributed by atoms with van der Waals surface area (Å²) in [6.07, 6.45) is 0. The van der Waals surface area contributed by atoms with Gasteiger partial charge in [-0.3, -0.25) is 0 Å². The van der Waals surface area contributed by atoms with E-state index in [0.29, 0.717) is 11.8 Å². The standard InChI is InChI=1S/C15H24.3C14H16.5C13H14.9C2H6/c1-9(2)14-12(6)8-11(5)13(7)15(14)10(3)4;2*1-9-5-13-7-11(3)12(4)8-14(13)6-10(9)2;1-9-5-11(3)14-8-10(2)6-12(4)13(14)7-9;1-9-4-5-12-7-10(2)6-11(3)13(12)8-9;1-9-4-5-13-11(3)6-10(2)8-12(13)7-9;2*1-9-4-5-12-7-10(2)11(3)8-13(12)6-9;1-9-8-10(2)12-6-4-5-7-13(12)11(9)3;9*1-2/h8-10H,1-7H3;3*5-8H,1-4H3;5*4-8H,1-3H3;9*1-2H3. The summed E-state index contributed by atoms with van der Waals surface area (Å²) in [5.41, 5.74) is 44.4. The minimum Gasteiger partial charge on any atom is -0.0683 e. The summed E-state index contributed by atoms with van der Waals surface area (Å²) in [4.78, 5) is 0. The molecule has 0 saturated heterocycles. The summed E-state index contributed by atoms with van der Waals surface area (Å²) in [5, 5.41) is 21.8. The predicted molar refractivity (Wildman–Crippen MR) is 650 cm³/mol. The molecule has 0 aliphatic rings. The third kappa shape index (κ3) is 38.7. The highest BCUT2D eigenvalue weighted by Gasteiger charge is 2.17. The lowest BCUT2D eigenvalue weighted by atomic mass is 9.82. The van der Waals surface area contributed by atoms with Crippen molar-refractivity contribution < 1.29 is 0 Å². The van der Waals surface area contributed by atoms with Crippen LogP contribution in [0.1, 0.15) is 342 Å². The zero-order chi connectivity index (χ0) is 108. The van der Waals surface area contributed by atoms with Gasteiger partial charge in [0, 0.05) is 0 Å². The predicted octanol–water partition coefficient (Wildman–Crippen LogP) is 45.1. The van der Waals surface area contributed by atoms with Crippen LogP contribution in [0.4, 0.5) is 0 Å². The lowest BCUT2D eigenvalue weighted by Crippen LogP contribution is -2.06. The Morgan fingerprint density at radius 3 is 0.657 bits per heavy atom. The highest BCUT2D eigenvalue weighted by atomic mass is 14.2. The fourth-order valence-corrected chi connectivity index (χ4v) is 17.3. The SMILES string of the molecule is CC.CC.CC.CC.CC.CC.CC.CC.CC.Cc1cc(C)c(C(C)C)c(C(C)C)c1C.Cc1cc(C)c2cc(C)cc(C)c2c1.Cc1cc(C)c2cc(C)ccc2c1.Cc1cc(C)c2ccccc2c1C.Cc1cc2cc(C)c(C)cc2cc1C.Cc1cc2cc(C)c(C)cc2cc1C.Cc1ccc2c(C)cc(C)cc2c1.Cc1ccc2cc(C)c(C)cc2c1.Cc1ccc2cc(C)c(C)cc2c1. The molecule has 0 heterocycles. The molecular formula is C140H196. The molecule has 0 fully saturated rings. The van der Waals surface area contributed by atoms with Gasteiger partial charge in [-0.25, -0.2) is 0 Å². The molecule has 0 aliphatic heterocycles. The largest absolute Gasteiger partial charge is 0.0683 e. The van der Waals surface area contributed by atoms with Gasteiger partial charge in [0.05, 0.1) is 0 Å². The van der Waals surface area contributed by atoms with Crippen LogP contribution in [0.25, 0.3) is 86.2 Å². The van der Waals surface area contributed by atoms with Crippen LogP contribution in [0.5, 0.6) is 0 Å². The van der Waals surface area contributed by atoms with Gasteiger partial charge in [0.1, 0.15) is 0 Å². The number of fused-ring (bicyclic) bond motifs is 8. The van der Waals surface area contributed by atoms with Crippen molar-refractivity contribution in [1.29, 1.82) is 0 Å². The van der Waals surface area contributed by atoms with Crippen LogP contribution < -0.4 is 0 Å². The summed E-state index contributed by atoms with van der Waals surface area (Å²) in [7, 11) is 0. The maximum Gasteiger partial charge on any atom is -0.0149 e. The molecule has 0 saturated carbocycles. The zero-order valence-electron chi connectivity index (χ0n) is 99.1. The summed E-state index contributed by atoms with van der Waals surface area (Å²) in [5.74, 6) is 1.25. The normalized spacial score (nSPS) is 9.84. The van der Waals surface area contributed by atoms with Crippen LogP contribution in [0.15, 0.2) is 231 Å². The fraction of sp³-hybridized carbons (Fsp3) is 0.386. The van der Waals surface area contributed by atoms with Gasteiger partial charge in [0.25, 0.3) is 0 Å². The van der Waals surface area contributed by atoms with Crippen LogP contribution in [0.3, 0.4) is 0 Å². The fourth-order valence-electron chi connectivity index (χ4n) is 17.3. The van der Waals surface area contributed by atoms with Crippen molar-refractivity contribution in [2.24, 2.45) is 0 Å². The van der Waals surface area contributed by atoms with Crippen molar-refractivity contribution in [2.45, 2.75) is 372 Å². The Balaban J connectivity index is 0.00000152. The lowest BCUT2D eigenvalue weighted by Gasteiger charge is -2.23. The first-order chi connectivity index (χ1) is 66.4. The van der Waals surface area contributed by atoms with Crippen molar-refractivity contribution in [3.05, 3.63) is 409 Å². The van der Waals surface area contributed by atoms with Crippen LogP contribution in [0.2, 0.25) is 0 Å². The molecule has 0 nitrogen and oxygen atoms in total. The molecule has 756 valence electrons. The highest BCUT2D eigenvalue weighted by molar-refractivity contribution is 5.93. The second-order valence-corrected chi connectivity index (χ2v) is 36.8. The minimum atomic E-state index is 0.626. The quantitative estimate of drug-likeness (QED) is 0.162. The Kier molecular flexibility index (Phi) is 60.5. The first-order valence-electron chi connectivity index (χ1n) is 53.4. The summed E-state index contributed by atoms with van der Waals surface area (Å²) in [6.45, 7) is 110. The van der Waals surface area contributed by atoms with Crippen molar-refractivity contribution in [3.63, 3.8) is 0 Å². The zero-order valence-corrected chi connectivity index (χ0v) is 99.1. The van der Waals surface area contributed by atoms with E-state index in [1.807, 2.05) is 125 Å².